The van der Waals surface area contributed by atoms with E-state index >= 15 is 0 Å². The van der Waals surface area contributed by atoms with Crippen molar-refractivity contribution < 1.29 is 0 Å². The van der Waals surface area contributed by atoms with E-state index in [0.717, 1.165) is 44.2 Å². The topological polar surface area (TPSA) is 100 Å². The van der Waals surface area contributed by atoms with E-state index < -0.39 is 5.66 Å². The fourth-order valence-electron chi connectivity index (χ4n) is 9.00. The lowest BCUT2D eigenvalue weighted by Crippen LogP contribution is -2.42. The zero-order chi connectivity index (χ0) is 42.8. The minimum atomic E-state index is -0.727. The fraction of sp³-hybridized carbons (Fsp3) is 0.222. The lowest BCUT2D eigenvalue weighted by atomic mass is 9.81. The van der Waals surface area contributed by atoms with E-state index in [2.05, 4.69) is 97.6 Å². The summed E-state index contributed by atoms with van der Waals surface area (Å²) >= 11 is 0. The number of nitrogens with one attached hydrogen (secondary N) is 2. The van der Waals surface area contributed by atoms with Crippen LogP contribution < -0.4 is 15.6 Å². The molecule has 4 aliphatic rings. The zero-order valence-electron chi connectivity index (χ0n) is 36.2. The quantitative estimate of drug-likeness (QED) is 0.150. The van der Waals surface area contributed by atoms with Gasteiger partial charge in [-0.3, -0.25) is 30.8 Å². The standard InChI is InChI=1S/C54H51N7/c1-32(2)57-44-19-14-20-45(49(44)56)61(46-29-27-38(35-15-10-9-11-16-35)48(55)51(46)58-33(3)4)47-30-28-39(50-52(47)60-54(7,8)59-50)36-23-21-34(22-24-36)37-25-26-41-40-17-12-13-18-42(40)53(5,6)43(41)31-37/h9-33,55-56H,1-8H3. The van der Waals surface area contributed by atoms with Crippen LogP contribution in [0, 0.1) is 10.8 Å². The Labute approximate surface area is 358 Å². The Balaban J connectivity index is 1.18. The summed E-state index contributed by atoms with van der Waals surface area (Å²) in [6.45, 7) is 16.8. The van der Waals surface area contributed by atoms with Crippen LogP contribution in [0.3, 0.4) is 0 Å². The molecule has 5 aromatic carbocycles. The fourth-order valence-corrected chi connectivity index (χ4v) is 9.00. The minimum Gasteiger partial charge on any atom is -0.304 e. The van der Waals surface area contributed by atoms with E-state index in [9.17, 15) is 10.8 Å². The molecule has 1 heterocycles. The van der Waals surface area contributed by atoms with Gasteiger partial charge >= 0.3 is 0 Å². The van der Waals surface area contributed by atoms with Crippen molar-refractivity contribution in [1.29, 1.82) is 10.8 Å². The molecule has 9 rings (SSSR count). The third-order valence-electron chi connectivity index (χ3n) is 11.8. The van der Waals surface area contributed by atoms with Gasteiger partial charge in [0.2, 0.25) is 0 Å². The van der Waals surface area contributed by atoms with Gasteiger partial charge in [-0.2, -0.15) is 0 Å². The first-order valence-electron chi connectivity index (χ1n) is 21.2. The molecule has 0 radical (unpaired) electrons. The first-order chi connectivity index (χ1) is 29.2. The average molecular weight is 798 g/mol. The van der Waals surface area contributed by atoms with Gasteiger partial charge in [0.15, 0.2) is 0 Å². The van der Waals surface area contributed by atoms with Crippen LogP contribution in [0.5, 0.6) is 0 Å². The van der Waals surface area contributed by atoms with Gasteiger partial charge in [-0.25, -0.2) is 0 Å². The van der Waals surface area contributed by atoms with Gasteiger partial charge < -0.3 is 4.90 Å². The molecule has 302 valence electrons. The highest BCUT2D eigenvalue weighted by Gasteiger charge is 2.36. The molecule has 1 aliphatic heterocycles. The summed E-state index contributed by atoms with van der Waals surface area (Å²) in [5.41, 5.74) is 14.5. The Morgan fingerprint density at radius 1 is 0.557 bits per heavy atom. The number of hydrogen-bond donors (Lipinski definition) is 2. The van der Waals surface area contributed by atoms with E-state index in [4.69, 9.17) is 20.0 Å². The number of allylic oxidation sites excluding steroid dienone is 8. The molecule has 0 fully saturated rings. The molecule has 0 amide bonds. The second kappa shape index (κ2) is 15.0. The van der Waals surface area contributed by atoms with E-state index in [1.54, 1.807) is 0 Å². The second-order valence-electron chi connectivity index (χ2n) is 17.7. The van der Waals surface area contributed by atoms with Crippen molar-refractivity contribution in [2.75, 3.05) is 4.90 Å². The maximum Gasteiger partial charge on any atom is 0.146 e. The van der Waals surface area contributed by atoms with Gasteiger partial charge in [-0.05, 0) is 129 Å². The number of benzene rings is 5. The molecule has 5 aromatic rings. The van der Waals surface area contributed by atoms with Crippen molar-refractivity contribution in [3.05, 3.63) is 178 Å². The summed E-state index contributed by atoms with van der Waals surface area (Å²) in [5.74, 6) is 0. The molecule has 2 N–H and O–H groups in total. The Morgan fingerprint density at radius 3 is 1.93 bits per heavy atom. The van der Waals surface area contributed by atoms with Crippen LogP contribution in [-0.2, 0) is 5.41 Å². The third-order valence-corrected chi connectivity index (χ3v) is 11.8. The molecule has 7 nitrogen and oxygen atoms in total. The summed E-state index contributed by atoms with van der Waals surface area (Å²) < 4.78 is 0. The zero-order valence-corrected chi connectivity index (χ0v) is 36.2. The molecule has 0 atom stereocenters. The van der Waals surface area contributed by atoms with Crippen molar-refractivity contribution in [2.24, 2.45) is 20.0 Å². The lowest BCUT2D eigenvalue weighted by Gasteiger charge is -2.34. The van der Waals surface area contributed by atoms with Crippen LogP contribution in [0.15, 0.2) is 171 Å². The molecule has 7 heteroatoms. The minimum absolute atomic E-state index is 0.000460. The van der Waals surface area contributed by atoms with Gasteiger partial charge in [0, 0.05) is 28.6 Å². The van der Waals surface area contributed by atoms with Crippen molar-refractivity contribution >= 4 is 34.1 Å². The Bertz CT molecular complexity index is 2990. The molecule has 61 heavy (non-hydrogen) atoms. The van der Waals surface area contributed by atoms with Crippen LogP contribution in [0.4, 0.5) is 5.69 Å². The third kappa shape index (κ3) is 6.98. The smallest absolute Gasteiger partial charge is 0.146 e. The van der Waals surface area contributed by atoms with Gasteiger partial charge in [0.25, 0.3) is 0 Å². The summed E-state index contributed by atoms with van der Waals surface area (Å²) in [6.07, 6.45) is 9.81. The summed E-state index contributed by atoms with van der Waals surface area (Å²) in [7, 11) is 0. The molecule has 0 saturated carbocycles. The van der Waals surface area contributed by atoms with Crippen LogP contribution in [0.25, 0.3) is 39.0 Å². The Hall–Kier alpha value is -6.86. The molecule has 0 saturated heterocycles. The average Bonchev–Trinajstić information content (AvgIpc) is 3.69. The van der Waals surface area contributed by atoms with E-state index in [1.165, 1.54) is 27.8 Å². The van der Waals surface area contributed by atoms with Crippen molar-refractivity contribution in [3.8, 4) is 33.4 Å². The molecule has 3 aliphatic carbocycles. The number of fused-ring (bicyclic) bond motifs is 4. The van der Waals surface area contributed by atoms with Crippen LogP contribution in [0.2, 0.25) is 0 Å². The molecule has 0 aromatic heterocycles. The number of nitrogens with zero attached hydrogens (tertiary/aromatic N) is 5. The van der Waals surface area contributed by atoms with E-state index in [-0.39, 0.29) is 23.2 Å². The molecule has 0 unspecified atom stereocenters. The SMILES string of the molecule is CC(C)N=C1C=CC=C(N(C2=CC=C(c3ccccc3)C(=N)C2=NC(C)C)c2ccc(-c3ccc(-c4ccc5c(c4)C(C)(C)c4ccccc4-5)cc3)c3c2=NC(C)(C)N=3)C1=N. The normalized spacial score (nSPS) is 18.4. The summed E-state index contributed by atoms with van der Waals surface area (Å²) in [5, 5.41) is 20.7. The molecular formula is C54H51N7. The molecule has 0 bridgehead atoms. The summed E-state index contributed by atoms with van der Waals surface area (Å²) in [4.78, 5) is 22.5. The lowest BCUT2D eigenvalue weighted by molar-refractivity contribution is 0.549. The number of aliphatic imine (C=N–C) groups is 2. The van der Waals surface area contributed by atoms with E-state index in [0.29, 0.717) is 28.5 Å². The van der Waals surface area contributed by atoms with Gasteiger partial charge in [0.05, 0.1) is 33.9 Å². The predicted octanol–water partition coefficient (Wildman–Crippen LogP) is 11.3. The highest BCUT2D eigenvalue weighted by Crippen LogP contribution is 2.49. The van der Waals surface area contributed by atoms with E-state index in [1.807, 2.05) is 102 Å². The first kappa shape index (κ1) is 39.6. The number of rotatable bonds is 8. The maximum absolute atomic E-state index is 9.63. The Kier molecular flexibility index (Phi) is 9.74. The van der Waals surface area contributed by atoms with Crippen LogP contribution >= 0.6 is 0 Å². The number of hydrogen-bond acceptors (Lipinski definition) is 7. The first-order valence-corrected chi connectivity index (χ1v) is 21.2. The number of anilines is 1. The van der Waals surface area contributed by atoms with Crippen LogP contribution in [0.1, 0.15) is 72.1 Å². The van der Waals surface area contributed by atoms with Crippen LogP contribution in [-0.4, -0.2) is 40.6 Å². The van der Waals surface area contributed by atoms with Crippen molar-refractivity contribution in [1.82, 2.24) is 0 Å². The second-order valence-corrected chi connectivity index (χ2v) is 17.7. The monoisotopic (exact) mass is 797 g/mol. The molecular weight excluding hydrogens is 747 g/mol. The highest BCUT2D eigenvalue weighted by atomic mass is 15.2. The van der Waals surface area contributed by atoms with Crippen molar-refractivity contribution in [2.45, 2.75) is 78.6 Å². The predicted molar refractivity (Wildman–Crippen MR) is 254 cm³/mol. The van der Waals surface area contributed by atoms with Crippen molar-refractivity contribution in [3.63, 3.8) is 0 Å². The summed E-state index contributed by atoms with van der Waals surface area (Å²) in [6, 6.07) is 38.5. The van der Waals surface area contributed by atoms with Gasteiger partial charge in [0.1, 0.15) is 22.4 Å². The largest absolute Gasteiger partial charge is 0.304 e. The Morgan fingerprint density at radius 2 is 1.20 bits per heavy atom. The maximum atomic E-state index is 9.63. The van der Waals surface area contributed by atoms with Gasteiger partial charge in [-0.1, -0.05) is 111 Å². The van der Waals surface area contributed by atoms with Gasteiger partial charge in [-0.15, -0.1) is 0 Å². The molecule has 0 spiro atoms. The highest BCUT2D eigenvalue weighted by molar-refractivity contribution is 6.63.